The molecule has 0 saturated carbocycles. The maximum absolute atomic E-state index is 11.9. The number of hydrogen-bond donors (Lipinski definition) is 2. The molecule has 0 unspecified atom stereocenters. The molecule has 3 N–H and O–H groups in total. The fourth-order valence-electron chi connectivity index (χ4n) is 1.98. The molecule has 0 aliphatic rings. The van der Waals surface area contributed by atoms with Gasteiger partial charge in [0.25, 0.3) is 5.91 Å². The Morgan fingerprint density at radius 1 is 1.05 bits per heavy atom. The lowest BCUT2D eigenvalue weighted by atomic mass is 10.0. The Labute approximate surface area is 125 Å². The summed E-state index contributed by atoms with van der Waals surface area (Å²) < 4.78 is 0. The van der Waals surface area contributed by atoms with E-state index in [-0.39, 0.29) is 5.91 Å². The number of carbonyl (C=O) groups is 1. The Bertz CT molecular complexity index is 636. The summed E-state index contributed by atoms with van der Waals surface area (Å²) in [6.07, 6.45) is 6.12. The first-order valence-electron chi connectivity index (χ1n) is 6.90. The molecule has 0 heterocycles. The number of terminal acetylenes is 1. The number of amides is 1. The molecule has 2 aromatic rings. The molecule has 2 aromatic carbocycles. The van der Waals surface area contributed by atoms with Gasteiger partial charge in [-0.1, -0.05) is 30.2 Å². The van der Waals surface area contributed by atoms with Crippen molar-refractivity contribution in [2.75, 3.05) is 13.1 Å². The lowest BCUT2D eigenvalue weighted by Crippen LogP contribution is -2.25. The van der Waals surface area contributed by atoms with Crippen molar-refractivity contribution >= 4 is 5.91 Å². The van der Waals surface area contributed by atoms with E-state index in [1.807, 2.05) is 48.5 Å². The molecule has 3 nitrogen and oxygen atoms in total. The molecule has 0 bridgehead atoms. The van der Waals surface area contributed by atoms with E-state index in [0.29, 0.717) is 18.7 Å². The molecule has 0 saturated heterocycles. The minimum atomic E-state index is -0.0716. The Hall–Kier alpha value is -2.57. The number of carbonyl (C=O) groups excluding carboxylic acids is 1. The second-order valence-corrected chi connectivity index (χ2v) is 4.70. The maximum atomic E-state index is 11.9. The highest BCUT2D eigenvalue weighted by molar-refractivity contribution is 5.94. The van der Waals surface area contributed by atoms with Crippen LogP contribution in [0.3, 0.4) is 0 Å². The van der Waals surface area contributed by atoms with Crippen molar-refractivity contribution < 1.29 is 4.79 Å². The van der Waals surface area contributed by atoms with Crippen LogP contribution in [0.2, 0.25) is 0 Å². The van der Waals surface area contributed by atoms with Crippen molar-refractivity contribution in [3.63, 3.8) is 0 Å². The maximum Gasteiger partial charge on any atom is 0.251 e. The average Bonchev–Trinajstić information content (AvgIpc) is 2.55. The fraction of sp³-hybridized carbons (Fsp3) is 0.167. The average molecular weight is 278 g/mol. The van der Waals surface area contributed by atoms with Crippen LogP contribution in [-0.4, -0.2) is 19.0 Å². The van der Waals surface area contributed by atoms with E-state index in [9.17, 15) is 4.79 Å². The lowest BCUT2D eigenvalue weighted by molar-refractivity contribution is 0.0953. The summed E-state index contributed by atoms with van der Waals surface area (Å²) in [4.78, 5) is 11.9. The van der Waals surface area contributed by atoms with Crippen LogP contribution < -0.4 is 11.1 Å². The Balaban J connectivity index is 2.07. The fourth-order valence-corrected chi connectivity index (χ4v) is 1.98. The van der Waals surface area contributed by atoms with Crippen molar-refractivity contribution in [2.24, 2.45) is 5.73 Å². The SMILES string of the molecule is C#Cc1ccc(-c2ccc(C(=O)NCCCN)cc2)cc1. The molecule has 0 aromatic heterocycles. The first-order valence-corrected chi connectivity index (χ1v) is 6.90. The number of rotatable bonds is 5. The minimum Gasteiger partial charge on any atom is -0.352 e. The molecule has 0 radical (unpaired) electrons. The minimum absolute atomic E-state index is 0.0716. The molecule has 0 aliphatic carbocycles. The number of nitrogens with two attached hydrogens (primary N) is 1. The quantitative estimate of drug-likeness (QED) is 0.652. The van der Waals surface area contributed by atoms with Crippen LogP contribution in [0.1, 0.15) is 22.3 Å². The summed E-state index contributed by atoms with van der Waals surface area (Å²) in [6.45, 7) is 1.18. The van der Waals surface area contributed by atoms with Gasteiger partial charge >= 0.3 is 0 Å². The topological polar surface area (TPSA) is 55.1 Å². The zero-order valence-corrected chi connectivity index (χ0v) is 11.8. The third-order valence-electron chi connectivity index (χ3n) is 3.20. The van der Waals surface area contributed by atoms with E-state index in [1.165, 1.54) is 0 Å². The van der Waals surface area contributed by atoms with Gasteiger partial charge in [0, 0.05) is 17.7 Å². The van der Waals surface area contributed by atoms with Crippen LogP contribution in [0.4, 0.5) is 0 Å². The van der Waals surface area contributed by atoms with Crippen molar-refractivity contribution in [1.29, 1.82) is 0 Å². The summed E-state index contributed by atoms with van der Waals surface area (Å²) in [7, 11) is 0. The van der Waals surface area contributed by atoms with Gasteiger partial charge in [-0.2, -0.15) is 0 Å². The third kappa shape index (κ3) is 3.95. The largest absolute Gasteiger partial charge is 0.352 e. The van der Waals surface area contributed by atoms with E-state index in [0.717, 1.165) is 23.1 Å². The van der Waals surface area contributed by atoms with E-state index >= 15 is 0 Å². The van der Waals surface area contributed by atoms with Crippen LogP contribution in [0.25, 0.3) is 11.1 Å². The van der Waals surface area contributed by atoms with Gasteiger partial charge in [-0.15, -0.1) is 6.42 Å². The highest BCUT2D eigenvalue weighted by atomic mass is 16.1. The van der Waals surface area contributed by atoms with Crippen LogP contribution in [-0.2, 0) is 0 Å². The highest BCUT2D eigenvalue weighted by Gasteiger charge is 2.05. The highest BCUT2D eigenvalue weighted by Crippen LogP contribution is 2.20. The Morgan fingerprint density at radius 3 is 2.14 bits per heavy atom. The standard InChI is InChI=1S/C18H18N2O/c1-2-14-4-6-15(7-5-14)16-8-10-17(11-9-16)18(21)20-13-3-12-19/h1,4-11H,3,12-13,19H2,(H,20,21). The van der Waals surface area contributed by atoms with Gasteiger partial charge in [-0.3, -0.25) is 4.79 Å². The van der Waals surface area contributed by atoms with E-state index in [1.54, 1.807) is 0 Å². The van der Waals surface area contributed by atoms with Crippen molar-refractivity contribution in [1.82, 2.24) is 5.32 Å². The molecular formula is C18H18N2O. The van der Waals surface area contributed by atoms with E-state index < -0.39 is 0 Å². The molecule has 0 fully saturated rings. The molecule has 0 aliphatic heterocycles. The predicted molar refractivity (Wildman–Crippen MR) is 85.8 cm³/mol. The number of hydrogen-bond acceptors (Lipinski definition) is 2. The van der Waals surface area contributed by atoms with Gasteiger partial charge in [0.05, 0.1) is 0 Å². The molecule has 0 spiro atoms. The van der Waals surface area contributed by atoms with Gasteiger partial charge in [-0.25, -0.2) is 0 Å². The first kappa shape index (κ1) is 14.8. The summed E-state index contributed by atoms with van der Waals surface area (Å²) in [5.74, 6) is 2.52. The van der Waals surface area contributed by atoms with Gasteiger partial charge < -0.3 is 11.1 Å². The zero-order chi connectivity index (χ0) is 15.1. The molecule has 2 rings (SSSR count). The normalized spacial score (nSPS) is 9.90. The third-order valence-corrected chi connectivity index (χ3v) is 3.20. The number of nitrogens with one attached hydrogen (secondary N) is 1. The van der Waals surface area contributed by atoms with Crippen molar-refractivity contribution in [3.05, 3.63) is 59.7 Å². The van der Waals surface area contributed by atoms with Crippen LogP contribution >= 0.6 is 0 Å². The van der Waals surface area contributed by atoms with Gasteiger partial charge in [0.2, 0.25) is 0 Å². The van der Waals surface area contributed by atoms with Crippen LogP contribution in [0.5, 0.6) is 0 Å². The van der Waals surface area contributed by atoms with Crippen molar-refractivity contribution in [2.45, 2.75) is 6.42 Å². The Kier molecular flexibility index (Phi) is 5.14. The summed E-state index contributed by atoms with van der Waals surface area (Å²) in [6, 6.07) is 15.3. The molecular weight excluding hydrogens is 260 g/mol. The zero-order valence-electron chi connectivity index (χ0n) is 11.8. The summed E-state index contributed by atoms with van der Waals surface area (Å²) >= 11 is 0. The molecule has 21 heavy (non-hydrogen) atoms. The molecule has 0 atom stereocenters. The first-order chi connectivity index (χ1) is 10.2. The molecule has 3 heteroatoms. The van der Waals surface area contributed by atoms with Crippen LogP contribution in [0.15, 0.2) is 48.5 Å². The lowest BCUT2D eigenvalue weighted by Gasteiger charge is -2.06. The molecule has 106 valence electrons. The van der Waals surface area contributed by atoms with E-state index in [2.05, 4.69) is 11.2 Å². The van der Waals surface area contributed by atoms with Gasteiger partial charge in [0.15, 0.2) is 0 Å². The summed E-state index contributed by atoms with van der Waals surface area (Å²) in [5.41, 5.74) is 9.03. The van der Waals surface area contributed by atoms with Gasteiger partial charge in [-0.05, 0) is 48.4 Å². The predicted octanol–water partition coefficient (Wildman–Crippen LogP) is 2.41. The summed E-state index contributed by atoms with van der Waals surface area (Å²) in [5, 5.41) is 2.83. The number of benzene rings is 2. The molecule has 1 amide bonds. The Morgan fingerprint density at radius 2 is 1.62 bits per heavy atom. The van der Waals surface area contributed by atoms with Gasteiger partial charge in [0.1, 0.15) is 0 Å². The van der Waals surface area contributed by atoms with E-state index in [4.69, 9.17) is 12.2 Å². The second-order valence-electron chi connectivity index (χ2n) is 4.70. The monoisotopic (exact) mass is 278 g/mol. The van der Waals surface area contributed by atoms with Crippen molar-refractivity contribution in [3.8, 4) is 23.5 Å². The van der Waals surface area contributed by atoms with Crippen LogP contribution in [0, 0.1) is 12.3 Å². The smallest absolute Gasteiger partial charge is 0.251 e. The second kappa shape index (κ2) is 7.28.